The van der Waals surface area contributed by atoms with Crippen LogP contribution < -0.4 is 14.8 Å². The number of rotatable bonds is 7. The van der Waals surface area contributed by atoms with E-state index in [1.165, 1.54) is 12.1 Å². The Bertz CT molecular complexity index is 929. The topological polar surface area (TPSA) is 81.7 Å². The van der Waals surface area contributed by atoms with E-state index in [0.717, 1.165) is 5.56 Å². The minimum Gasteiger partial charge on any atom is -0.486 e. The molecule has 1 heterocycles. The van der Waals surface area contributed by atoms with Crippen LogP contribution in [0.2, 0.25) is 5.02 Å². The van der Waals surface area contributed by atoms with Gasteiger partial charge in [0.15, 0.2) is 21.3 Å². The highest BCUT2D eigenvalue weighted by Crippen LogP contribution is 2.32. The number of benzene rings is 2. The van der Waals surface area contributed by atoms with Crippen molar-refractivity contribution in [2.75, 3.05) is 25.5 Å². The SMILES string of the molecule is O=C(CCS(=O)(=O)c1ccc2c(c1)OCCO2)NCCc1cccc(Cl)c1. The first-order valence-electron chi connectivity index (χ1n) is 8.57. The largest absolute Gasteiger partial charge is 0.486 e. The summed E-state index contributed by atoms with van der Waals surface area (Å²) in [7, 11) is -3.59. The highest BCUT2D eigenvalue weighted by molar-refractivity contribution is 7.91. The predicted molar refractivity (Wildman–Crippen MR) is 102 cm³/mol. The van der Waals surface area contributed by atoms with E-state index < -0.39 is 9.84 Å². The Kier molecular flexibility index (Phi) is 6.23. The lowest BCUT2D eigenvalue weighted by molar-refractivity contribution is -0.120. The van der Waals surface area contributed by atoms with Crippen LogP contribution in [0, 0.1) is 0 Å². The molecule has 1 N–H and O–H groups in total. The number of fused-ring (bicyclic) bond motifs is 1. The number of carbonyl (C=O) groups is 1. The van der Waals surface area contributed by atoms with Crippen LogP contribution in [0.5, 0.6) is 11.5 Å². The molecular formula is C19H20ClNO5S. The van der Waals surface area contributed by atoms with Gasteiger partial charge in [-0.15, -0.1) is 0 Å². The van der Waals surface area contributed by atoms with Crippen LogP contribution in [0.15, 0.2) is 47.4 Å². The van der Waals surface area contributed by atoms with Gasteiger partial charge in [0, 0.05) is 24.1 Å². The van der Waals surface area contributed by atoms with Gasteiger partial charge in [-0.1, -0.05) is 23.7 Å². The molecule has 1 aliphatic heterocycles. The van der Waals surface area contributed by atoms with Crippen LogP contribution in [0.4, 0.5) is 0 Å². The first kappa shape index (κ1) is 19.5. The first-order valence-corrected chi connectivity index (χ1v) is 10.6. The standard InChI is InChI=1S/C19H20ClNO5S/c20-15-3-1-2-14(12-15)6-8-21-19(22)7-11-27(23,24)16-4-5-17-18(13-16)26-10-9-25-17/h1-5,12-13H,6-11H2,(H,21,22). The van der Waals surface area contributed by atoms with E-state index >= 15 is 0 Å². The van der Waals surface area contributed by atoms with Gasteiger partial charge in [0.05, 0.1) is 10.6 Å². The number of ether oxygens (including phenoxy) is 2. The Balaban J connectivity index is 1.50. The Labute approximate surface area is 163 Å². The summed E-state index contributed by atoms with van der Waals surface area (Å²) in [6.07, 6.45) is 0.521. The van der Waals surface area contributed by atoms with Gasteiger partial charge in [-0.3, -0.25) is 4.79 Å². The molecule has 1 aliphatic rings. The van der Waals surface area contributed by atoms with E-state index in [2.05, 4.69) is 5.32 Å². The summed E-state index contributed by atoms with van der Waals surface area (Å²) in [4.78, 5) is 12.1. The summed E-state index contributed by atoms with van der Waals surface area (Å²) < 4.78 is 35.7. The van der Waals surface area contributed by atoms with Crippen molar-refractivity contribution < 1.29 is 22.7 Å². The van der Waals surface area contributed by atoms with Gasteiger partial charge in [0.2, 0.25) is 5.91 Å². The number of hydrogen-bond acceptors (Lipinski definition) is 5. The number of carbonyl (C=O) groups excluding carboxylic acids is 1. The van der Waals surface area contributed by atoms with E-state index in [9.17, 15) is 13.2 Å². The molecule has 0 aliphatic carbocycles. The zero-order chi connectivity index (χ0) is 19.3. The fraction of sp³-hybridized carbons (Fsp3) is 0.316. The minimum atomic E-state index is -3.59. The fourth-order valence-electron chi connectivity index (χ4n) is 2.69. The zero-order valence-electron chi connectivity index (χ0n) is 14.6. The Morgan fingerprint density at radius 1 is 1.07 bits per heavy atom. The Hall–Kier alpha value is -2.25. The van der Waals surface area contributed by atoms with E-state index in [1.54, 1.807) is 12.1 Å². The third-order valence-electron chi connectivity index (χ3n) is 4.10. The maximum Gasteiger partial charge on any atom is 0.221 e. The highest BCUT2D eigenvalue weighted by atomic mass is 35.5. The summed E-state index contributed by atoms with van der Waals surface area (Å²) in [5.41, 5.74) is 1.01. The molecule has 6 nitrogen and oxygen atoms in total. The summed E-state index contributed by atoms with van der Waals surface area (Å²) >= 11 is 5.92. The minimum absolute atomic E-state index is 0.105. The van der Waals surface area contributed by atoms with Crippen LogP contribution in [0.3, 0.4) is 0 Å². The van der Waals surface area contributed by atoms with E-state index in [4.69, 9.17) is 21.1 Å². The van der Waals surface area contributed by atoms with Crippen molar-refractivity contribution in [3.8, 4) is 11.5 Å². The zero-order valence-corrected chi connectivity index (χ0v) is 16.2. The lowest BCUT2D eigenvalue weighted by Crippen LogP contribution is -2.27. The molecule has 0 saturated carbocycles. The van der Waals surface area contributed by atoms with Gasteiger partial charge in [-0.25, -0.2) is 8.42 Å². The van der Waals surface area contributed by atoms with Crippen LogP contribution in [-0.4, -0.2) is 39.8 Å². The maximum atomic E-state index is 12.5. The molecule has 0 atom stereocenters. The molecule has 0 bridgehead atoms. The summed E-state index contributed by atoms with van der Waals surface area (Å²) in [5, 5.41) is 3.38. The predicted octanol–water partition coefficient (Wildman–Crippen LogP) is 2.63. The normalized spacial score (nSPS) is 13.2. The second-order valence-electron chi connectivity index (χ2n) is 6.10. The Morgan fingerprint density at radius 2 is 1.85 bits per heavy atom. The molecule has 2 aromatic carbocycles. The molecule has 8 heteroatoms. The van der Waals surface area contributed by atoms with Crippen molar-refractivity contribution in [2.24, 2.45) is 0 Å². The third kappa shape index (κ3) is 5.37. The molecule has 0 radical (unpaired) electrons. The monoisotopic (exact) mass is 409 g/mol. The van der Waals surface area contributed by atoms with Crippen molar-refractivity contribution in [1.82, 2.24) is 5.32 Å². The van der Waals surface area contributed by atoms with Gasteiger partial charge in [0.1, 0.15) is 13.2 Å². The van der Waals surface area contributed by atoms with E-state index in [0.29, 0.717) is 42.7 Å². The molecule has 0 unspecified atom stereocenters. The summed E-state index contributed by atoms with van der Waals surface area (Å²) in [6, 6.07) is 11.9. The van der Waals surface area contributed by atoms with Gasteiger partial charge in [0.25, 0.3) is 0 Å². The second-order valence-corrected chi connectivity index (χ2v) is 8.65. The van der Waals surface area contributed by atoms with Crippen molar-refractivity contribution in [1.29, 1.82) is 0 Å². The van der Waals surface area contributed by atoms with Gasteiger partial charge in [-0.2, -0.15) is 0 Å². The highest BCUT2D eigenvalue weighted by Gasteiger charge is 2.20. The number of nitrogens with one attached hydrogen (secondary N) is 1. The van der Waals surface area contributed by atoms with E-state index in [1.807, 2.05) is 18.2 Å². The number of sulfone groups is 1. The second kappa shape index (κ2) is 8.63. The average molecular weight is 410 g/mol. The lowest BCUT2D eigenvalue weighted by Gasteiger charge is -2.18. The van der Waals surface area contributed by atoms with Gasteiger partial charge < -0.3 is 14.8 Å². The van der Waals surface area contributed by atoms with Crippen LogP contribution in [0.1, 0.15) is 12.0 Å². The van der Waals surface area contributed by atoms with Crippen molar-refractivity contribution >= 4 is 27.3 Å². The smallest absolute Gasteiger partial charge is 0.221 e. The van der Waals surface area contributed by atoms with Crippen LogP contribution in [-0.2, 0) is 21.1 Å². The lowest BCUT2D eigenvalue weighted by atomic mass is 10.1. The van der Waals surface area contributed by atoms with Crippen molar-refractivity contribution in [2.45, 2.75) is 17.7 Å². The molecule has 27 heavy (non-hydrogen) atoms. The quantitative estimate of drug-likeness (QED) is 0.760. The van der Waals surface area contributed by atoms with Gasteiger partial charge >= 0.3 is 0 Å². The number of halogens is 1. The van der Waals surface area contributed by atoms with Crippen LogP contribution in [0.25, 0.3) is 0 Å². The molecule has 0 fully saturated rings. The molecule has 144 valence electrons. The van der Waals surface area contributed by atoms with E-state index in [-0.39, 0.29) is 23.0 Å². The van der Waals surface area contributed by atoms with Crippen molar-refractivity contribution in [3.63, 3.8) is 0 Å². The molecule has 0 aromatic heterocycles. The van der Waals surface area contributed by atoms with Gasteiger partial charge in [-0.05, 0) is 36.2 Å². The molecule has 1 amide bonds. The summed E-state index contributed by atoms with van der Waals surface area (Å²) in [6.45, 7) is 1.24. The fourth-order valence-corrected chi connectivity index (χ4v) is 4.15. The van der Waals surface area contributed by atoms with Crippen molar-refractivity contribution in [3.05, 3.63) is 53.1 Å². The third-order valence-corrected chi connectivity index (χ3v) is 6.04. The first-order chi connectivity index (χ1) is 12.9. The maximum absolute atomic E-state index is 12.5. The molecule has 2 aromatic rings. The molecule has 0 saturated heterocycles. The summed E-state index contributed by atoms with van der Waals surface area (Å²) in [5.74, 6) is 0.362. The molecule has 3 rings (SSSR count). The average Bonchev–Trinajstić information content (AvgIpc) is 2.66. The molecular weight excluding hydrogens is 390 g/mol. The van der Waals surface area contributed by atoms with Crippen LogP contribution >= 0.6 is 11.6 Å². The number of amides is 1. The number of hydrogen-bond donors (Lipinski definition) is 1. The molecule has 0 spiro atoms. The Morgan fingerprint density at radius 3 is 2.63 bits per heavy atom.